The van der Waals surface area contributed by atoms with Gasteiger partial charge in [0.2, 0.25) is 0 Å². The maximum absolute atomic E-state index is 12.4. The molecule has 10 atom stereocenters. The van der Waals surface area contributed by atoms with E-state index in [4.69, 9.17) is 0 Å². The van der Waals surface area contributed by atoms with Gasteiger partial charge in [0.15, 0.2) is 0 Å². The number of rotatable bonds is 2. The van der Waals surface area contributed by atoms with Crippen molar-refractivity contribution >= 4 is 11.9 Å². The van der Waals surface area contributed by atoms with E-state index in [0.29, 0.717) is 23.7 Å². The van der Waals surface area contributed by atoms with Crippen LogP contribution in [0.4, 0.5) is 0 Å². The topological polar surface area (TPSA) is 74.6 Å². The van der Waals surface area contributed by atoms with Gasteiger partial charge in [-0.2, -0.15) is 0 Å². The molecule has 114 valence electrons. The van der Waals surface area contributed by atoms with Gasteiger partial charge in [-0.3, -0.25) is 9.59 Å². The summed E-state index contributed by atoms with van der Waals surface area (Å²) in [6, 6.07) is 0. The van der Waals surface area contributed by atoms with Gasteiger partial charge in [-0.1, -0.05) is 24.3 Å². The summed E-state index contributed by atoms with van der Waals surface area (Å²) in [7, 11) is 0. The molecule has 0 amide bonds. The molecule has 0 saturated heterocycles. The van der Waals surface area contributed by atoms with Gasteiger partial charge in [0.1, 0.15) is 0 Å². The van der Waals surface area contributed by atoms with Crippen molar-refractivity contribution in [2.24, 2.45) is 58.2 Å². The monoisotopic (exact) mass is 298 g/mol. The number of carbonyl (C=O) groups is 2. The third kappa shape index (κ3) is 0.766. The van der Waals surface area contributed by atoms with Crippen molar-refractivity contribution < 1.29 is 19.8 Å². The highest BCUT2D eigenvalue weighted by atomic mass is 16.4. The van der Waals surface area contributed by atoms with E-state index in [-0.39, 0.29) is 23.7 Å². The lowest BCUT2D eigenvalue weighted by atomic mass is 9.19. The zero-order valence-electron chi connectivity index (χ0n) is 12.1. The zero-order chi connectivity index (χ0) is 15.0. The SMILES string of the molecule is O=C(O)C12[C@@H]3[C@@H]([C@H]4C=C[C@@H]3C4)C1(C(=O)O)[C@@H]1[C@H]2[C@H]2C=C[C@@H]1C2. The molecule has 0 spiro atoms. The van der Waals surface area contributed by atoms with E-state index in [2.05, 4.69) is 24.3 Å². The standard InChI is InChI=1S/C18H18O4/c19-15(20)17-11-7-1-2-8(5-7)12(11)18(17,16(21)22)14-10-4-3-9(6-10)13(14)17/h1-4,7-14H,5-6H2,(H,19,20)(H,21,22)/t7-,8+,9+,10-,11+,12-,13-,14+,17?,18?. The van der Waals surface area contributed by atoms with E-state index in [1.54, 1.807) is 0 Å². The van der Waals surface area contributed by atoms with Gasteiger partial charge in [-0.05, 0) is 60.2 Å². The Bertz CT molecular complexity index is 608. The lowest BCUT2D eigenvalue weighted by Crippen LogP contribution is -2.87. The van der Waals surface area contributed by atoms with Crippen LogP contribution in [-0.4, -0.2) is 22.2 Å². The van der Waals surface area contributed by atoms with Gasteiger partial charge in [0, 0.05) is 0 Å². The van der Waals surface area contributed by atoms with Crippen molar-refractivity contribution in [2.75, 3.05) is 0 Å². The van der Waals surface area contributed by atoms with Crippen LogP contribution in [0.5, 0.6) is 0 Å². The lowest BCUT2D eigenvalue weighted by Gasteiger charge is -2.80. The van der Waals surface area contributed by atoms with Gasteiger partial charge in [0.25, 0.3) is 0 Å². The average molecular weight is 298 g/mol. The molecule has 4 nitrogen and oxygen atoms in total. The summed E-state index contributed by atoms with van der Waals surface area (Å²) >= 11 is 0. The predicted octanol–water partition coefficient (Wildman–Crippen LogP) is 2.03. The fourth-order valence-corrected chi connectivity index (χ4v) is 8.41. The number of hydrogen-bond acceptors (Lipinski definition) is 2. The van der Waals surface area contributed by atoms with Crippen molar-refractivity contribution in [1.82, 2.24) is 0 Å². The minimum atomic E-state index is -0.998. The largest absolute Gasteiger partial charge is 0.481 e. The molecule has 2 unspecified atom stereocenters. The molecule has 0 aliphatic heterocycles. The van der Waals surface area contributed by atoms with Crippen LogP contribution in [-0.2, 0) is 9.59 Å². The summed E-state index contributed by atoms with van der Waals surface area (Å²) in [5.41, 5.74) is -1.99. The van der Waals surface area contributed by atoms with Crippen LogP contribution in [0.1, 0.15) is 12.8 Å². The van der Waals surface area contributed by atoms with Crippen molar-refractivity contribution in [2.45, 2.75) is 12.8 Å². The average Bonchev–Trinajstić information content (AvgIpc) is 3.15. The summed E-state index contributed by atoms with van der Waals surface area (Å²) in [4.78, 5) is 24.8. The number of allylic oxidation sites excluding steroid dienone is 4. The van der Waals surface area contributed by atoms with Gasteiger partial charge < -0.3 is 10.2 Å². The molecule has 22 heavy (non-hydrogen) atoms. The first kappa shape index (κ1) is 11.9. The molecule has 6 aliphatic carbocycles. The first-order valence-electron chi connectivity index (χ1n) is 8.39. The highest BCUT2D eigenvalue weighted by molar-refractivity contribution is 5.94. The van der Waals surface area contributed by atoms with Crippen molar-refractivity contribution in [1.29, 1.82) is 0 Å². The second-order valence-corrected chi connectivity index (χ2v) is 8.35. The summed E-state index contributed by atoms with van der Waals surface area (Å²) in [5, 5.41) is 20.3. The maximum atomic E-state index is 12.4. The molecule has 4 saturated carbocycles. The molecule has 6 rings (SSSR count). The molecule has 0 aromatic carbocycles. The number of aliphatic carboxylic acids is 2. The van der Waals surface area contributed by atoms with Crippen LogP contribution < -0.4 is 0 Å². The molecule has 4 bridgehead atoms. The molecular formula is C18H18O4. The smallest absolute Gasteiger partial charge is 0.311 e. The Hall–Kier alpha value is -1.58. The third-order valence-electron chi connectivity index (χ3n) is 8.41. The van der Waals surface area contributed by atoms with Crippen LogP contribution in [0.25, 0.3) is 0 Å². The summed E-state index contributed by atoms with van der Waals surface area (Å²) in [6.07, 6.45) is 10.6. The Morgan fingerprint density at radius 3 is 1.18 bits per heavy atom. The number of fused-ring (bicyclic) bond motifs is 15. The Kier molecular flexibility index (Phi) is 1.66. The minimum Gasteiger partial charge on any atom is -0.481 e. The van der Waals surface area contributed by atoms with E-state index < -0.39 is 22.8 Å². The normalized spacial score (nSPS) is 63.8. The predicted molar refractivity (Wildman–Crippen MR) is 75.6 cm³/mol. The van der Waals surface area contributed by atoms with Gasteiger partial charge >= 0.3 is 11.9 Å². The Morgan fingerprint density at radius 1 is 0.682 bits per heavy atom. The number of hydrogen-bond donors (Lipinski definition) is 2. The molecule has 0 aromatic rings. The molecule has 0 radical (unpaired) electrons. The Balaban J connectivity index is 1.63. The molecule has 0 heterocycles. The summed E-state index contributed by atoms with van der Waals surface area (Å²) in [5.74, 6) is -0.250. The quantitative estimate of drug-likeness (QED) is 0.765. The van der Waals surface area contributed by atoms with Crippen LogP contribution in [0, 0.1) is 58.2 Å². The lowest BCUT2D eigenvalue weighted by molar-refractivity contribution is -0.346. The first-order valence-corrected chi connectivity index (χ1v) is 8.39. The van der Waals surface area contributed by atoms with Crippen molar-refractivity contribution in [3.8, 4) is 0 Å². The van der Waals surface area contributed by atoms with Crippen molar-refractivity contribution in [3.63, 3.8) is 0 Å². The van der Waals surface area contributed by atoms with Gasteiger partial charge in [-0.15, -0.1) is 0 Å². The Labute approximate surface area is 127 Å². The first-order chi connectivity index (χ1) is 10.6. The molecule has 4 fully saturated rings. The molecule has 4 heteroatoms. The van der Waals surface area contributed by atoms with Crippen LogP contribution >= 0.6 is 0 Å². The fourth-order valence-electron chi connectivity index (χ4n) is 8.41. The zero-order valence-corrected chi connectivity index (χ0v) is 12.1. The van der Waals surface area contributed by atoms with Gasteiger partial charge in [-0.25, -0.2) is 0 Å². The Morgan fingerprint density at radius 2 is 0.955 bits per heavy atom. The third-order valence-corrected chi connectivity index (χ3v) is 8.41. The molecule has 6 aliphatic rings. The number of carboxylic acid groups (broad SMARTS) is 2. The second kappa shape index (κ2) is 3.06. The summed E-state index contributed by atoms with van der Waals surface area (Å²) in [6.45, 7) is 0. The van der Waals surface area contributed by atoms with E-state index >= 15 is 0 Å². The summed E-state index contributed by atoms with van der Waals surface area (Å²) < 4.78 is 0. The van der Waals surface area contributed by atoms with E-state index in [1.165, 1.54) is 0 Å². The van der Waals surface area contributed by atoms with Crippen LogP contribution in [0.3, 0.4) is 0 Å². The minimum absolute atomic E-state index is 0.0603. The van der Waals surface area contributed by atoms with Crippen LogP contribution in [0.2, 0.25) is 0 Å². The molecule has 2 N–H and O–H groups in total. The van der Waals surface area contributed by atoms with E-state index in [1.807, 2.05) is 0 Å². The second-order valence-electron chi connectivity index (χ2n) is 8.35. The van der Waals surface area contributed by atoms with Crippen molar-refractivity contribution in [3.05, 3.63) is 24.3 Å². The van der Waals surface area contributed by atoms with Gasteiger partial charge in [0.05, 0.1) is 10.8 Å². The highest BCUT2D eigenvalue weighted by Crippen LogP contribution is 2.91. The molecular weight excluding hydrogens is 280 g/mol. The maximum Gasteiger partial charge on any atom is 0.311 e. The van der Waals surface area contributed by atoms with E-state index in [0.717, 1.165) is 12.8 Å². The fraction of sp³-hybridized carbons (Fsp3) is 0.667. The number of carboxylic acids is 2. The van der Waals surface area contributed by atoms with Crippen LogP contribution in [0.15, 0.2) is 24.3 Å². The molecule has 0 aromatic heterocycles. The highest BCUT2D eigenvalue weighted by Gasteiger charge is 2.96. The van der Waals surface area contributed by atoms with E-state index in [9.17, 15) is 19.8 Å².